The number of anilines is 2. The Hall–Kier alpha value is -3.32. The van der Waals surface area contributed by atoms with E-state index in [-0.39, 0.29) is 17.4 Å². The van der Waals surface area contributed by atoms with Crippen LogP contribution >= 0.6 is 0 Å². The molecular weight excluding hydrogens is 412 g/mol. The number of hydrogen-bond acceptors (Lipinski definition) is 4. The van der Waals surface area contributed by atoms with E-state index in [4.69, 9.17) is 4.74 Å². The summed E-state index contributed by atoms with van der Waals surface area (Å²) in [5.41, 5.74) is 4.05. The van der Waals surface area contributed by atoms with Crippen molar-refractivity contribution in [3.8, 4) is 5.75 Å². The van der Waals surface area contributed by atoms with Gasteiger partial charge >= 0.3 is 0 Å². The predicted octanol–water partition coefficient (Wildman–Crippen LogP) is 4.68. The summed E-state index contributed by atoms with van der Waals surface area (Å²) in [4.78, 5) is 12.3. The van der Waals surface area contributed by atoms with Crippen LogP contribution in [-0.4, -0.2) is 20.9 Å². The second kappa shape index (κ2) is 9.66. The summed E-state index contributed by atoms with van der Waals surface area (Å²) in [6.07, 6.45) is 0.933. The fraction of sp³-hybridized carbons (Fsp3) is 0.208. The third-order valence-corrected chi connectivity index (χ3v) is 6.14. The van der Waals surface area contributed by atoms with Crippen LogP contribution in [0.4, 0.5) is 11.4 Å². The van der Waals surface area contributed by atoms with Crippen LogP contribution < -0.4 is 14.8 Å². The predicted molar refractivity (Wildman–Crippen MR) is 123 cm³/mol. The van der Waals surface area contributed by atoms with Gasteiger partial charge in [-0.3, -0.25) is 9.52 Å². The molecule has 2 N–H and O–H groups in total. The maximum Gasteiger partial charge on any atom is 0.262 e. The summed E-state index contributed by atoms with van der Waals surface area (Å²) < 4.78 is 33.4. The van der Waals surface area contributed by atoms with Crippen LogP contribution in [-0.2, 0) is 21.2 Å². The standard InChI is InChI=1S/C24H26N2O4S/c1-4-19-7-11-20(12-8-19)25-24(27)16-30-23-14-13-22(15-18(23)3)31(28,29)26-21-9-5-17(2)6-10-21/h5-15,26H,4,16H2,1-3H3,(H,25,27). The van der Waals surface area contributed by atoms with E-state index in [0.29, 0.717) is 22.7 Å². The quantitative estimate of drug-likeness (QED) is 0.535. The Balaban J connectivity index is 1.61. The number of rotatable bonds is 8. The number of nitrogens with one attached hydrogen (secondary N) is 2. The van der Waals surface area contributed by atoms with Gasteiger partial charge in [-0.05, 0) is 73.9 Å². The Morgan fingerprint density at radius 1 is 0.903 bits per heavy atom. The molecular formula is C24H26N2O4S. The molecule has 162 valence electrons. The van der Waals surface area contributed by atoms with Gasteiger partial charge in [-0.1, -0.05) is 36.8 Å². The topological polar surface area (TPSA) is 84.5 Å². The lowest BCUT2D eigenvalue weighted by Crippen LogP contribution is -2.20. The van der Waals surface area contributed by atoms with Crippen molar-refractivity contribution in [1.29, 1.82) is 0 Å². The van der Waals surface area contributed by atoms with Gasteiger partial charge in [0.25, 0.3) is 15.9 Å². The number of amides is 1. The number of aryl methyl sites for hydroxylation is 3. The van der Waals surface area contributed by atoms with Gasteiger partial charge in [0.2, 0.25) is 0 Å². The Kier molecular flexibility index (Phi) is 6.97. The second-order valence-electron chi connectivity index (χ2n) is 7.29. The maximum atomic E-state index is 12.6. The van der Waals surface area contributed by atoms with Crippen molar-refractivity contribution in [2.75, 3.05) is 16.6 Å². The van der Waals surface area contributed by atoms with Crippen molar-refractivity contribution >= 4 is 27.3 Å². The van der Waals surface area contributed by atoms with E-state index >= 15 is 0 Å². The van der Waals surface area contributed by atoms with E-state index < -0.39 is 10.0 Å². The number of hydrogen-bond donors (Lipinski definition) is 2. The van der Waals surface area contributed by atoms with Crippen molar-refractivity contribution in [2.24, 2.45) is 0 Å². The first-order valence-corrected chi connectivity index (χ1v) is 11.5. The molecule has 1 amide bonds. The maximum absolute atomic E-state index is 12.6. The molecule has 0 bridgehead atoms. The monoisotopic (exact) mass is 438 g/mol. The summed E-state index contributed by atoms with van der Waals surface area (Å²) in [5.74, 6) is 0.159. The van der Waals surface area contributed by atoms with Gasteiger partial charge in [0.1, 0.15) is 5.75 Å². The average Bonchev–Trinajstić information content (AvgIpc) is 2.75. The molecule has 3 rings (SSSR count). The van der Waals surface area contributed by atoms with Crippen LogP contribution in [0.25, 0.3) is 0 Å². The van der Waals surface area contributed by atoms with Crippen LogP contribution in [0.2, 0.25) is 0 Å². The third kappa shape index (κ3) is 6.08. The van der Waals surface area contributed by atoms with Gasteiger partial charge in [-0.2, -0.15) is 0 Å². The zero-order valence-electron chi connectivity index (χ0n) is 17.8. The van der Waals surface area contributed by atoms with E-state index in [1.165, 1.54) is 17.7 Å². The van der Waals surface area contributed by atoms with Crippen LogP contribution in [0.15, 0.2) is 71.6 Å². The molecule has 0 aromatic heterocycles. The first-order chi connectivity index (χ1) is 14.8. The summed E-state index contributed by atoms with van der Waals surface area (Å²) in [5, 5.41) is 2.78. The first kappa shape index (κ1) is 22.4. The van der Waals surface area contributed by atoms with Crippen LogP contribution in [0, 0.1) is 13.8 Å². The molecule has 3 aromatic carbocycles. The Morgan fingerprint density at radius 2 is 1.55 bits per heavy atom. The number of carbonyl (C=O) groups is 1. The minimum absolute atomic E-state index is 0.124. The second-order valence-corrected chi connectivity index (χ2v) is 8.97. The summed E-state index contributed by atoms with van der Waals surface area (Å²) in [6, 6.07) is 19.3. The van der Waals surface area contributed by atoms with Gasteiger partial charge in [0.15, 0.2) is 6.61 Å². The molecule has 0 aliphatic rings. The SMILES string of the molecule is CCc1ccc(NC(=O)COc2ccc(S(=O)(=O)Nc3ccc(C)cc3)cc2C)cc1. The molecule has 0 unspecified atom stereocenters. The fourth-order valence-corrected chi connectivity index (χ4v) is 4.09. The number of ether oxygens (including phenoxy) is 1. The lowest BCUT2D eigenvalue weighted by molar-refractivity contribution is -0.118. The normalized spacial score (nSPS) is 11.1. The Morgan fingerprint density at radius 3 is 2.16 bits per heavy atom. The molecule has 0 spiro atoms. The molecule has 0 atom stereocenters. The molecule has 0 saturated heterocycles. The highest BCUT2D eigenvalue weighted by molar-refractivity contribution is 7.92. The average molecular weight is 439 g/mol. The van der Waals surface area contributed by atoms with Crippen molar-refractivity contribution < 1.29 is 17.9 Å². The number of sulfonamides is 1. The lowest BCUT2D eigenvalue weighted by Gasteiger charge is -2.12. The third-order valence-electron chi connectivity index (χ3n) is 4.77. The zero-order valence-corrected chi connectivity index (χ0v) is 18.6. The van der Waals surface area contributed by atoms with Gasteiger partial charge in [-0.15, -0.1) is 0 Å². The van der Waals surface area contributed by atoms with E-state index in [0.717, 1.165) is 12.0 Å². The number of carbonyl (C=O) groups excluding carboxylic acids is 1. The van der Waals surface area contributed by atoms with E-state index in [2.05, 4.69) is 17.0 Å². The minimum atomic E-state index is -3.73. The van der Waals surface area contributed by atoms with Gasteiger partial charge in [-0.25, -0.2) is 8.42 Å². The van der Waals surface area contributed by atoms with Gasteiger partial charge in [0.05, 0.1) is 4.90 Å². The molecule has 31 heavy (non-hydrogen) atoms. The van der Waals surface area contributed by atoms with Crippen molar-refractivity contribution in [3.05, 3.63) is 83.4 Å². The molecule has 7 heteroatoms. The van der Waals surface area contributed by atoms with Crippen LogP contribution in [0.5, 0.6) is 5.75 Å². The highest BCUT2D eigenvalue weighted by Gasteiger charge is 2.16. The van der Waals surface area contributed by atoms with Gasteiger partial charge in [0, 0.05) is 11.4 Å². The molecule has 0 fully saturated rings. The molecule has 0 saturated carbocycles. The van der Waals surface area contributed by atoms with Crippen molar-refractivity contribution in [2.45, 2.75) is 32.1 Å². The molecule has 0 aliphatic carbocycles. The molecule has 6 nitrogen and oxygen atoms in total. The highest BCUT2D eigenvalue weighted by atomic mass is 32.2. The lowest BCUT2D eigenvalue weighted by atomic mass is 10.1. The Bertz CT molecular complexity index is 1160. The van der Waals surface area contributed by atoms with E-state index in [9.17, 15) is 13.2 Å². The molecule has 0 heterocycles. The van der Waals surface area contributed by atoms with Crippen molar-refractivity contribution in [3.63, 3.8) is 0 Å². The molecule has 3 aromatic rings. The summed E-state index contributed by atoms with van der Waals surface area (Å²) >= 11 is 0. The summed E-state index contributed by atoms with van der Waals surface area (Å²) in [7, 11) is -3.73. The fourth-order valence-electron chi connectivity index (χ4n) is 2.95. The van der Waals surface area contributed by atoms with Crippen molar-refractivity contribution in [1.82, 2.24) is 0 Å². The van der Waals surface area contributed by atoms with Crippen LogP contribution in [0.3, 0.4) is 0 Å². The Labute approximate surface area is 183 Å². The number of benzene rings is 3. The zero-order chi connectivity index (χ0) is 22.4. The van der Waals surface area contributed by atoms with Crippen LogP contribution in [0.1, 0.15) is 23.6 Å². The first-order valence-electron chi connectivity index (χ1n) is 9.98. The van der Waals surface area contributed by atoms with Gasteiger partial charge < -0.3 is 10.1 Å². The largest absolute Gasteiger partial charge is 0.483 e. The summed E-state index contributed by atoms with van der Waals surface area (Å²) in [6.45, 7) is 5.56. The smallest absolute Gasteiger partial charge is 0.262 e. The van der Waals surface area contributed by atoms with E-state index in [1.807, 2.05) is 43.3 Å². The molecule has 0 radical (unpaired) electrons. The van der Waals surface area contributed by atoms with E-state index in [1.54, 1.807) is 25.1 Å². The highest BCUT2D eigenvalue weighted by Crippen LogP contribution is 2.24. The molecule has 0 aliphatic heterocycles. The minimum Gasteiger partial charge on any atom is -0.483 e.